The molecule has 0 aliphatic rings. The van der Waals surface area contributed by atoms with E-state index in [9.17, 15) is 0 Å². The molecule has 0 aliphatic carbocycles. The number of rotatable bonds is 3. The van der Waals surface area contributed by atoms with Crippen LogP contribution in [0.25, 0.3) is 0 Å². The maximum absolute atomic E-state index is 8.87. The van der Waals surface area contributed by atoms with Crippen LogP contribution in [0.15, 0.2) is 40.6 Å². The number of nitrogens with zero attached hydrogens (tertiary/aromatic N) is 2. The van der Waals surface area contributed by atoms with E-state index in [0.717, 1.165) is 4.90 Å². The molecule has 88 valence electrons. The van der Waals surface area contributed by atoms with Gasteiger partial charge in [-0.15, -0.1) is 0 Å². The van der Waals surface area contributed by atoms with Crippen molar-refractivity contribution in [2.45, 2.75) is 16.7 Å². The zero-order valence-corrected chi connectivity index (χ0v) is 10.9. The van der Waals surface area contributed by atoms with Crippen molar-refractivity contribution >= 4 is 35.0 Å². The number of aliphatic hydroxyl groups is 1. The summed E-state index contributed by atoms with van der Waals surface area (Å²) in [6, 6.07) is 5.34. The molecule has 0 bridgehead atoms. The van der Waals surface area contributed by atoms with Crippen molar-refractivity contribution in [3.63, 3.8) is 0 Å². The van der Waals surface area contributed by atoms with Crippen molar-refractivity contribution in [3.8, 4) is 0 Å². The summed E-state index contributed by atoms with van der Waals surface area (Å²) in [6.07, 6.45) is 3.18. The largest absolute Gasteiger partial charge is 0.392 e. The van der Waals surface area contributed by atoms with Crippen LogP contribution in [0, 0.1) is 0 Å². The lowest BCUT2D eigenvalue weighted by Crippen LogP contribution is -1.90. The maximum atomic E-state index is 8.87. The lowest BCUT2D eigenvalue weighted by molar-refractivity contribution is 0.280. The number of hydrogen-bond acceptors (Lipinski definition) is 4. The second-order valence-electron chi connectivity index (χ2n) is 3.21. The van der Waals surface area contributed by atoms with Crippen molar-refractivity contribution in [2.75, 3.05) is 0 Å². The van der Waals surface area contributed by atoms with E-state index in [2.05, 4.69) is 9.97 Å². The molecule has 0 atom stereocenters. The summed E-state index contributed by atoms with van der Waals surface area (Å²) in [5, 5.41) is 10.5. The van der Waals surface area contributed by atoms with Gasteiger partial charge in [0, 0.05) is 22.9 Å². The highest BCUT2D eigenvalue weighted by Crippen LogP contribution is 2.30. The predicted octanol–water partition coefficient (Wildman–Crippen LogP) is 3.43. The summed E-state index contributed by atoms with van der Waals surface area (Å²) in [5.74, 6) is 0. The minimum absolute atomic E-state index is 0.0578. The minimum atomic E-state index is -0.0578. The predicted molar refractivity (Wildman–Crippen MR) is 68.5 cm³/mol. The molecule has 0 radical (unpaired) electrons. The van der Waals surface area contributed by atoms with Crippen LogP contribution in [0.3, 0.4) is 0 Å². The average molecular weight is 287 g/mol. The Labute approximate surface area is 113 Å². The normalized spacial score (nSPS) is 10.5. The van der Waals surface area contributed by atoms with E-state index >= 15 is 0 Å². The van der Waals surface area contributed by atoms with Crippen LogP contribution in [0.5, 0.6) is 0 Å². The molecule has 0 spiro atoms. The van der Waals surface area contributed by atoms with E-state index in [1.165, 1.54) is 11.8 Å². The number of benzene rings is 1. The van der Waals surface area contributed by atoms with Crippen LogP contribution in [0.4, 0.5) is 0 Å². The molecule has 2 aromatic rings. The summed E-state index contributed by atoms with van der Waals surface area (Å²) in [5.41, 5.74) is 0.684. The van der Waals surface area contributed by atoms with E-state index in [-0.39, 0.29) is 6.61 Å². The Morgan fingerprint density at radius 2 is 1.82 bits per heavy atom. The number of aromatic nitrogens is 2. The van der Waals surface area contributed by atoms with Gasteiger partial charge in [0.2, 0.25) is 0 Å². The van der Waals surface area contributed by atoms with Gasteiger partial charge in [-0.3, -0.25) is 0 Å². The van der Waals surface area contributed by atoms with Crippen molar-refractivity contribution in [3.05, 3.63) is 46.2 Å². The molecule has 1 heterocycles. The first-order valence-corrected chi connectivity index (χ1v) is 6.31. The van der Waals surface area contributed by atoms with Gasteiger partial charge in [-0.1, -0.05) is 23.2 Å². The second kappa shape index (κ2) is 5.69. The summed E-state index contributed by atoms with van der Waals surface area (Å²) < 4.78 is 0. The van der Waals surface area contributed by atoms with E-state index in [0.29, 0.717) is 20.8 Å². The standard InChI is InChI=1S/C11H8Cl2N2OS/c12-9-2-1-8(3-10(9)13)17-11-14-4-7(6-16)5-15-11/h1-5,16H,6H2. The van der Waals surface area contributed by atoms with Crippen LogP contribution >= 0.6 is 35.0 Å². The minimum Gasteiger partial charge on any atom is -0.392 e. The van der Waals surface area contributed by atoms with Crippen LogP contribution in [-0.4, -0.2) is 15.1 Å². The molecule has 1 aromatic carbocycles. The van der Waals surface area contributed by atoms with Gasteiger partial charge in [0.15, 0.2) is 5.16 Å². The molecule has 0 amide bonds. The molecule has 6 heteroatoms. The molecule has 0 saturated heterocycles. The first-order chi connectivity index (χ1) is 8.19. The average Bonchev–Trinajstić information content (AvgIpc) is 2.35. The first kappa shape index (κ1) is 12.6. The molecular weight excluding hydrogens is 279 g/mol. The Bertz CT molecular complexity index is 519. The van der Waals surface area contributed by atoms with Gasteiger partial charge >= 0.3 is 0 Å². The number of hydrogen-bond donors (Lipinski definition) is 1. The molecule has 3 nitrogen and oxygen atoms in total. The second-order valence-corrected chi connectivity index (χ2v) is 5.07. The molecule has 1 N–H and O–H groups in total. The summed E-state index contributed by atoms with van der Waals surface area (Å²) >= 11 is 13.1. The van der Waals surface area contributed by atoms with Crippen molar-refractivity contribution in [1.82, 2.24) is 9.97 Å². The monoisotopic (exact) mass is 286 g/mol. The Kier molecular flexibility index (Phi) is 4.23. The van der Waals surface area contributed by atoms with Gasteiger partial charge in [0.25, 0.3) is 0 Å². The maximum Gasteiger partial charge on any atom is 0.192 e. The Morgan fingerprint density at radius 3 is 2.41 bits per heavy atom. The summed E-state index contributed by atoms with van der Waals surface area (Å²) in [4.78, 5) is 9.14. The third-order valence-corrected chi connectivity index (χ3v) is 3.59. The number of halogens is 2. The molecular formula is C11H8Cl2N2OS. The van der Waals surface area contributed by atoms with Crippen molar-refractivity contribution < 1.29 is 5.11 Å². The lowest BCUT2D eigenvalue weighted by atomic mass is 10.4. The highest BCUT2D eigenvalue weighted by atomic mass is 35.5. The van der Waals surface area contributed by atoms with Gasteiger partial charge in [0.05, 0.1) is 16.7 Å². The highest BCUT2D eigenvalue weighted by Gasteiger charge is 2.03. The molecule has 0 saturated carbocycles. The van der Waals surface area contributed by atoms with E-state index < -0.39 is 0 Å². The fourth-order valence-electron chi connectivity index (χ4n) is 1.12. The van der Waals surface area contributed by atoms with Crippen LogP contribution < -0.4 is 0 Å². The molecule has 0 aliphatic heterocycles. The third kappa shape index (κ3) is 3.33. The summed E-state index contributed by atoms with van der Waals surface area (Å²) in [7, 11) is 0. The van der Waals surface area contributed by atoms with Gasteiger partial charge in [-0.2, -0.15) is 0 Å². The SMILES string of the molecule is OCc1cnc(Sc2ccc(Cl)c(Cl)c2)nc1. The molecule has 1 aromatic heterocycles. The summed E-state index contributed by atoms with van der Waals surface area (Å²) in [6.45, 7) is -0.0578. The van der Waals surface area contributed by atoms with Crippen LogP contribution in [0.2, 0.25) is 10.0 Å². The third-order valence-electron chi connectivity index (χ3n) is 1.96. The highest BCUT2D eigenvalue weighted by molar-refractivity contribution is 7.99. The van der Waals surface area contributed by atoms with Crippen LogP contribution in [-0.2, 0) is 6.61 Å². The lowest BCUT2D eigenvalue weighted by Gasteiger charge is -2.02. The van der Waals surface area contributed by atoms with Gasteiger partial charge in [-0.25, -0.2) is 9.97 Å². The smallest absolute Gasteiger partial charge is 0.192 e. The van der Waals surface area contributed by atoms with Gasteiger partial charge < -0.3 is 5.11 Å². The van der Waals surface area contributed by atoms with Gasteiger partial charge in [-0.05, 0) is 30.0 Å². The Morgan fingerprint density at radius 1 is 1.12 bits per heavy atom. The molecule has 0 fully saturated rings. The van der Waals surface area contributed by atoms with Crippen molar-refractivity contribution in [2.24, 2.45) is 0 Å². The fourth-order valence-corrected chi connectivity index (χ4v) is 2.22. The first-order valence-electron chi connectivity index (χ1n) is 4.73. The molecule has 17 heavy (non-hydrogen) atoms. The zero-order chi connectivity index (χ0) is 12.3. The van der Waals surface area contributed by atoms with E-state index in [1.807, 2.05) is 6.07 Å². The zero-order valence-electron chi connectivity index (χ0n) is 8.60. The van der Waals surface area contributed by atoms with Crippen molar-refractivity contribution in [1.29, 1.82) is 0 Å². The van der Waals surface area contributed by atoms with Gasteiger partial charge in [0.1, 0.15) is 0 Å². The quantitative estimate of drug-likeness (QED) is 0.878. The van der Waals surface area contributed by atoms with Crippen LogP contribution in [0.1, 0.15) is 5.56 Å². The Balaban J connectivity index is 2.16. The number of aliphatic hydroxyl groups excluding tert-OH is 1. The molecule has 2 rings (SSSR count). The molecule has 0 unspecified atom stereocenters. The topological polar surface area (TPSA) is 46.0 Å². The Hall–Kier alpha value is -0.810. The van der Waals surface area contributed by atoms with E-state index in [1.54, 1.807) is 24.5 Å². The van der Waals surface area contributed by atoms with E-state index in [4.69, 9.17) is 28.3 Å². The fraction of sp³-hybridized carbons (Fsp3) is 0.0909.